The number of nitrogens with one attached hydrogen (secondary N) is 2. The van der Waals surface area contributed by atoms with Crippen LogP contribution in [0.5, 0.6) is 0 Å². The van der Waals surface area contributed by atoms with E-state index in [9.17, 15) is 14.4 Å². The summed E-state index contributed by atoms with van der Waals surface area (Å²) in [5.74, 6) is -2.11. The number of carbonyl (C=O) groups is 3. The quantitative estimate of drug-likeness (QED) is 0.447. The van der Waals surface area contributed by atoms with Gasteiger partial charge in [-0.05, 0) is 32.4 Å². The molecule has 1 rings (SSSR count). The van der Waals surface area contributed by atoms with E-state index in [4.69, 9.17) is 15.6 Å². The van der Waals surface area contributed by atoms with Crippen LogP contribution in [0.1, 0.15) is 25.7 Å². The lowest BCUT2D eigenvalue weighted by Gasteiger charge is -2.36. The summed E-state index contributed by atoms with van der Waals surface area (Å²) in [5.41, 5.74) is 4.29. The van der Waals surface area contributed by atoms with Gasteiger partial charge in [0.15, 0.2) is 0 Å². The van der Waals surface area contributed by atoms with Crippen LogP contribution in [0, 0.1) is 5.41 Å². The summed E-state index contributed by atoms with van der Waals surface area (Å²) in [5, 5.41) is 14.8. The van der Waals surface area contributed by atoms with Gasteiger partial charge in [0.2, 0.25) is 11.8 Å². The molecule has 1 fully saturated rings. The van der Waals surface area contributed by atoms with Gasteiger partial charge >= 0.3 is 5.97 Å². The number of amides is 2. The number of aliphatic carboxylic acids is 1. The first-order valence-corrected chi connectivity index (χ1v) is 6.93. The number of carboxylic acid groups (broad SMARTS) is 1. The van der Waals surface area contributed by atoms with Crippen LogP contribution < -0.4 is 16.4 Å². The van der Waals surface area contributed by atoms with Crippen molar-refractivity contribution in [2.45, 2.75) is 31.7 Å². The fourth-order valence-electron chi connectivity index (χ4n) is 2.47. The van der Waals surface area contributed by atoms with E-state index in [1.165, 1.54) is 7.11 Å². The molecule has 1 heterocycles. The maximum atomic E-state index is 12.5. The zero-order chi connectivity index (χ0) is 15.9. The number of ether oxygens (including phenoxy) is 1. The Balaban J connectivity index is 2.72. The lowest BCUT2D eigenvalue weighted by atomic mass is 9.78. The van der Waals surface area contributed by atoms with Gasteiger partial charge in [-0.25, -0.2) is 4.79 Å². The molecule has 0 spiro atoms. The largest absolute Gasteiger partial charge is 0.480 e. The summed E-state index contributed by atoms with van der Waals surface area (Å²) in [4.78, 5) is 34.4. The van der Waals surface area contributed by atoms with Crippen molar-refractivity contribution in [3.63, 3.8) is 0 Å². The zero-order valence-corrected chi connectivity index (χ0v) is 12.2. The van der Waals surface area contributed by atoms with Gasteiger partial charge in [-0.15, -0.1) is 0 Å². The highest BCUT2D eigenvalue weighted by atomic mass is 16.5. The topological polar surface area (TPSA) is 131 Å². The van der Waals surface area contributed by atoms with E-state index in [2.05, 4.69) is 10.6 Å². The van der Waals surface area contributed by atoms with Crippen molar-refractivity contribution in [3.8, 4) is 0 Å². The molecule has 0 unspecified atom stereocenters. The minimum atomic E-state index is -1.17. The number of rotatable bonds is 8. The van der Waals surface area contributed by atoms with Crippen molar-refractivity contribution in [1.82, 2.24) is 10.6 Å². The van der Waals surface area contributed by atoms with Crippen molar-refractivity contribution in [2.24, 2.45) is 11.1 Å². The third-order valence-electron chi connectivity index (χ3n) is 3.75. The third kappa shape index (κ3) is 4.98. The minimum absolute atomic E-state index is 0.0162. The van der Waals surface area contributed by atoms with Crippen LogP contribution in [0.25, 0.3) is 0 Å². The normalized spacial score (nSPS) is 18.7. The molecule has 0 aromatic rings. The Labute approximate surface area is 123 Å². The van der Waals surface area contributed by atoms with E-state index < -0.39 is 23.3 Å². The molecule has 1 atom stereocenters. The smallest absolute Gasteiger partial charge is 0.326 e. The van der Waals surface area contributed by atoms with Gasteiger partial charge in [0, 0.05) is 13.5 Å². The monoisotopic (exact) mass is 301 g/mol. The number of carboxylic acids is 1. The highest BCUT2D eigenvalue weighted by Crippen LogP contribution is 2.29. The predicted octanol–water partition coefficient (Wildman–Crippen LogP) is -1.16. The summed E-state index contributed by atoms with van der Waals surface area (Å²) in [6.45, 7) is 1.59. The van der Waals surface area contributed by atoms with E-state index in [1.807, 2.05) is 0 Å². The van der Waals surface area contributed by atoms with Crippen LogP contribution in [-0.4, -0.2) is 55.7 Å². The Hall–Kier alpha value is -1.67. The Morgan fingerprint density at radius 3 is 2.48 bits per heavy atom. The molecule has 1 aliphatic rings. The number of hydrogen-bond donors (Lipinski definition) is 4. The zero-order valence-electron chi connectivity index (χ0n) is 12.2. The molecule has 120 valence electrons. The summed E-state index contributed by atoms with van der Waals surface area (Å²) in [6.07, 6.45) is 1.05. The maximum Gasteiger partial charge on any atom is 0.326 e. The van der Waals surface area contributed by atoms with Crippen LogP contribution in [0.3, 0.4) is 0 Å². The van der Waals surface area contributed by atoms with Crippen LogP contribution in [0.4, 0.5) is 0 Å². The standard InChI is InChI=1S/C13H23N3O5/c1-21-8-13(4-6-15-7-5-13)12(20)16-9(11(18)19)2-3-10(14)17/h9,15H,2-8H2,1H3,(H2,14,17)(H,16,20)(H,18,19)/t9-/m1/s1. The molecule has 8 nitrogen and oxygen atoms in total. The lowest BCUT2D eigenvalue weighted by molar-refractivity contribution is -0.146. The molecule has 1 aliphatic heterocycles. The Bertz CT molecular complexity index is 388. The summed E-state index contributed by atoms with van der Waals surface area (Å²) in [7, 11) is 1.51. The fraction of sp³-hybridized carbons (Fsp3) is 0.769. The number of hydrogen-bond acceptors (Lipinski definition) is 5. The molecule has 0 aromatic heterocycles. The second kappa shape index (κ2) is 7.94. The molecule has 0 aromatic carbocycles. The second-order valence-electron chi connectivity index (χ2n) is 5.33. The van der Waals surface area contributed by atoms with E-state index in [-0.39, 0.29) is 25.4 Å². The van der Waals surface area contributed by atoms with Gasteiger partial charge in [-0.1, -0.05) is 0 Å². The van der Waals surface area contributed by atoms with E-state index in [0.29, 0.717) is 25.9 Å². The molecule has 0 saturated carbocycles. The Morgan fingerprint density at radius 2 is 2.00 bits per heavy atom. The van der Waals surface area contributed by atoms with Gasteiger partial charge in [-0.3, -0.25) is 9.59 Å². The number of nitrogens with two attached hydrogens (primary N) is 1. The first kappa shape index (κ1) is 17.4. The molecule has 21 heavy (non-hydrogen) atoms. The van der Waals surface area contributed by atoms with E-state index in [0.717, 1.165) is 0 Å². The van der Waals surface area contributed by atoms with Gasteiger partial charge in [0.1, 0.15) is 6.04 Å². The molecule has 5 N–H and O–H groups in total. The van der Waals surface area contributed by atoms with Gasteiger partial charge in [-0.2, -0.15) is 0 Å². The number of piperidine rings is 1. The molecule has 0 radical (unpaired) electrons. The summed E-state index contributed by atoms with van der Waals surface area (Å²) >= 11 is 0. The SMILES string of the molecule is COCC1(C(=O)N[C@H](CCC(N)=O)C(=O)O)CCNCC1. The Morgan fingerprint density at radius 1 is 1.38 bits per heavy atom. The van der Waals surface area contributed by atoms with E-state index in [1.54, 1.807) is 0 Å². The van der Waals surface area contributed by atoms with Crippen LogP contribution in [0.15, 0.2) is 0 Å². The fourth-order valence-corrected chi connectivity index (χ4v) is 2.47. The van der Waals surface area contributed by atoms with Crippen LogP contribution in [0.2, 0.25) is 0 Å². The second-order valence-corrected chi connectivity index (χ2v) is 5.33. The van der Waals surface area contributed by atoms with Crippen molar-refractivity contribution < 1.29 is 24.2 Å². The molecule has 0 aliphatic carbocycles. The van der Waals surface area contributed by atoms with Crippen molar-refractivity contribution in [1.29, 1.82) is 0 Å². The van der Waals surface area contributed by atoms with Gasteiger partial charge < -0.3 is 26.2 Å². The average molecular weight is 301 g/mol. The van der Waals surface area contributed by atoms with Crippen molar-refractivity contribution in [2.75, 3.05) is 26.8 Å². The molecule has 8 heteroatoms. The van der Waals surface area contributed by atoms with E-state index >= 15 is 0 Å². The number of methoxy groups -OCH3 is 1. The number of primary amides is 1. The molecule has 0 bridgehead atoms. The molecule has 2 amide bonds. The van der Waals surface area contributed by atoms with Crippen molar-refractivity contribution >= 4 is 17.8 Å². The first-order valence-electron chi connectivity index (χ1n) is 6.93. The van der Waals surface area contributed by atoms with Crippen molar-refractivity contribution in [3.05, 3.63) is 0 Å². The highest BCUT2D eigenvalue weighted by Gasteiger charge is 2.41. The third-order valence-corrected chi connectivity index (χ3v) is 3.75. The summed E-state index contributed by atoms with van der Waals surface area (Å²) in [6, 6.07) is -1.12. The van der Waals surface area contributed by atoms with Crippen LogP contribution >= 0.6 is 0 Å². The molecular weight excluding hydrogens is 278 g/mol. The summed E-state index contributed by atoms with van der Waals surface area (Å²) < 4.78 is 5.14. The first-order chi connectivity index (χ1) is 9.91. The minimum Gasteiger partial charge on any atom is -0.480 e. The van der Waals surface area contributed by atoms with Gasteiger partial charge in [0.25, 0.3) is 0 Å². The molecule has 1 saturated heterocycles. The van der Waals surface area contributed by atoms with Crippen LogP contribution in [-0.2, 0) is 19.1 Å². The predicted molar refractivity (Wildman–Crippen MR) is 74.4 cm³/mol. The lowest BCUT2D eigenvalue weighted by Crippen LogP contribution is -2.54. The Kier molecular flexibility index (Phi) is 6.57. The average Bonchev–Trinajstić information content (AvgIpc) is 2.43. The highest BCUT2D eigenvalue weighted by molar-refractivity contribution is 5.88. The molecular formula is C13H23N3O5. The maximum absolute atomic E-state index is 12.5. The van der Waals surface area contributed by atoms with Gasteiger partial charge in [0.05, 0.1) is 12.0 Å². The number of carbonyl (C=O) groups excluding carboxylic acids is 2.